The molecule has 2 atom stereocenters. The molecule has 2 unspecified atom stereocenters. The molecular weight excluding hydrogens is 456 g/mol. The molecule has 2 aromatic carbocycles. The Labute approximate surface area is 212 Å². The molecule has 7 heteroatoms. The number of para-hydroxylation sites is 1. The highest BCUT2D eigenvalue weighted by molar-refractivity contribution is 5.71. The zero-order valence-electron chi connectivity index (χ0n) is 21.6. The normalized spacial score (nSPS) is 14.1. The maximum absolute atomic E-state index is 13.2. The molecule has 1 amide bonds. The van der Waals surface area contributed by atoms with Crippen LogP contribution in [0.3, 0.4) is 0 Å². The molecule has 3 rings (SSSR count). The Morgan fingerprint density at radius 2 is 1.64 bits per heavy atom. The van der Waals surface area contributed by atoms with E-state index < -0.39 is 17.3 Å². The second kappa shape index (κ2) is 11.1. The average molecular weight is 493 g/mol. The molecule has 3 aromatic rings. The summed E-state index contributed by atoms with van der Waals surface area (Å²) in [5.41, 5.74) is 0.300. The van der Waals surface area contributed by atoms with E-state index in [2.05, 4.69) is 0 Å². The molecule has 0 aliphatic carbocycles. The third kappa shape index (κ3) is 7.54. The SMILES string of the molecule is CC(c1ccc(-c2ccn(C)c(=O)c2)cc1)N(CCC(C)(O)CC(C)(C)O)C(=O)Oc1ccccc1. The number of aryl methyl sites for hydroxylation is 1. The topological polar surface area (TPSA) is 92.0 Å². The van der Waals surface area contributed by atoms with Crippen LogP contribution in [0.1, 0.15) is 52.1 Å². The molecule has 0 saturated carbocycles. The highest BCUT2D eigenvalue weighted by Crippen LogP contribution is 2.29. The first-order valence-corrected chi connectivity index (χ1v) is 12.1. The predicted octanol–water partition coefficient (Wildman–Crippen LogP) is 4.92. The zero-order valence-corrected chi connectivity index (χ0v) is 21.6. The summed E-state index contributed by atoms with van der Waals surface area (Å²) < 4.78 is 7.14. The zero-order chi connectivity index (χ0) is 26.5. The summed E-state index contributed by atoms with van der Waals surface area (Å²) in [4.78, 5) is 26.8. The first-order valence-electron chi connectivity index (χ1n) is 12.1. The van der Waals surface area contributed by atoms with Gasteiger partial charge in [0.25, 0.3) is 5.56 Å². The lowest BCUT2D eigenvalue weighted by Gasteiger charge is -2.34. The van der Waals surface area contributed by atoms with Gasteiger partial charge in [0, 0.05) is 32.3 Å². The van der Waals surface area contributed by atoms with Gasteiger partial charge in [-0.1, -0.05) is 42.5 Å². The average Bonchev–Trinajstić information content (AvgIpc) is 2.80. The number of carbonyl (C=O) groups is 1. The van der Waals surface area contributed by atoms with Gasteiger partial charge >= 0.3 is 6.09 Å². The van der Waals surface area contributed by atoms with Crippen LogP contribution in [0.2, 0.25) is 0 Å². The van der Waals surface area contributed by atoms with Crippen LogP contribution in [0, 0.1) is 0 Å². The number of carbonyl (C=O) groups excluding carboxylic acids is 1. The lowest BCUT2D eigenvalue weighted by atomic mass is 9.88. The van der Waals surface area contributed by atoms with Crippen LogP contribution in [-0.2, 0) is 7.05 Å². The Morgan fingerprint density at radius 1 is 1.00 bits per heavy atom. The molecule has 0 aliphatic rings. The maximum Gasteiger partial charge on any atom is 0.415 e. The standard InChI is InChI=1S/C29H36N2O5/c1-21(22-11-13-23(14-12-22)24-15-17-30(5)26(32)19-24)31(18-16-29(4,35)20-28(2,3)34)27(33)36-25-9-7-6-8-10-25/h6-15,17,19,21,34-35H,16,18,20H2,1-5H3. The first-order chi connectivity index (χ1) is 16.8. The summed E-state index contributed by atoms with van der Waals surface area (Å²) >= 11 is 0. The molecule has 1 heterocycles. The Morgan fingerprint density at radius 3 is 2.22 bits per heavy atom. The van der Waals surface area contributed by atoms with E-state index in [-0.39, 0.29) is 31.0 Å². The van der Waals surface area contributed by atoms with Gasteiger partial charge in [0.05, 0.1) is 17.2 Å². The minimum Gasteiger partial charge on any atom is -0.410 e. The predicted molar refractivity (Wildman–Crippen MR) is 141 cm³/mol. The fourth-order valence-corrected chi connectivity index (χ4v) is 4.33. The van der Waals surface area contributed by atoms with Gasteiger partial charge < -0.3 is 24.4 Å². The van der Waals surface area contributed by atoms with Crippen LogP contribution in [-0.4, -0.2) is 43.5 Å². The van der Waals surface area contributed by atoms with Crippen molar-refractivity contribution in [1.82, 2.24) is 9.47 Å². The number of hydrogen-bond acceptors (Lipinski definition) is 5. The largest absolute Gasteiger partial charge is 0.415 e. The Kier molecular flexibility index (Phi) is 8.38. The van der Waals surface area contributed by atoms with Crippen molar-refractivity contribution in [2.24, 2.45) is 7.05 Å². The molecule has 0 aliphatic heterocycles. The number of amides is 1. The van der Waals surface area contributed by atoms with Gasteiger partial charge in [0.1, 0.15) is 5.75 Å². The monoisotopic (exact) mass is 492 g/mol. The maximum atomic E-state index is 13.2. The minimum absolute atomic E-state index is 0.0853. The number of pyridine rings is 1. The van der Waals surface area contributed by atoms with E-state index in [1.807, 2.05) is 43.3 Å². The van der Waals surface area contributed by atoms with Crippen molar-refractivity contribution in [2.75, 3.05) is 6.54 Å². The number of aromatic nitrogens is 1. The van der Waals surface area contributed by atoms with E-state index in [9.17, 15) is 19.8 Å². The minimum atomic E-state index is -1.17. The van der Waals surface area contributed by atoms with Crippen molar-refractivity contribution >= 4 is 6.09 Å². The Bertz CT molecular complexity index is 1210. The van der Waals surface area contributed by atoms with Crippen molar-refractivity contribution < 1.29 is 19.7 Å². The van der Waals surface area contributed by atoms with E-state index in [0.717, 1.165) is 16.7 Å². The lowest BCUT2D eigenvalue weighted by molar-refractivity contribution is -0.0438. The van der Waals surface area contributed by atoms with Crippen LogP contribution in [0.25, 0.3) is 11.1 Å². The van der Waals surface area contributed by atoms with E-state index >= 15 is 0 Å². The third-order valence-corrected chi connectivity index (χ3v) is 6.19. The fourth-order valence-electron chi connectivity index (χ4n) is 4.33. The molecule has 192 valence electrons. The molecule has 7 nitrogen and oxygen atoms in total. The number of aliphatic hydroxyl groups is 2. The van der Waals surface area contributed by atoms with E-state index in [1.54, 1.807) is 69.2 Å². The van der Waals surface area contributed by atoms with Crippen LogP contribution >= 0.6 is 0 Å². The van der Waals surface area contributed by atoms with Gasteiger partial charge in [-0.25, -0.2) is 4.79 Å². The Balaban J connectivity index is 1.83. The number of hydrogen-bond donors (Lipinski definition) is 2. The van der Waals surface area contributed by atoms with E-state index in [0.29, 0.717) is 5.75 Å². The summed E-state index contributed by atoms with van der Waals surface area (Å²) in [6, 6.07) is 19.7. The molecule has 0 spiro atoms. The summed E-state index contributed by atoms with van der Waals surface area (Å²) in [7, 11) is 1.71. The molecule has 0 bridgehead atoms. The smallest absolute Gasteiger partial charge is 0.410 e. The second-order valence-electron chi connectivity index (χ2n) is 10.3. The summed E-state index contributed by atoms with van der Waals surface area (Å²) in [5.74, 6) is 0.434. The van der Waals surface area contributed by atoms with Crippen LogP contribution in [0.4, 0.5) is 4.79 Å². The van der Waals surface area contributed by atoms with E-state index in [1.165, 1.54) is 4.57 Å². The first kappa shape index (κ1) is 27.2. The number of benzene rings is 2. The molecular formula is C29H36N2O5. The molecule has 1 aromatic heterocycles. The van der Waals surface area contributed by atoms with E-state index in [4.69, 9.17) is 4.74 Å². The molecule has 0 saturated heterocycles. The Hall–Kier alpha value is -3.42. The van der Waals surface area contributed by atoms with Crippen molar-refractivity contribution in [3.63, 3.8) is 0 Å². The number of rotatable bonds is 9. The molecule has 36 heavy (non-hydrogen) atoms. The number of ether oxygens (including phenoxy) is 1. The van der Waals surface area contributed by atoms with Gasteiger partial charge in [-0.3, -0.25) is 4.79 Å². The van der Waals surface area contributed by atoms with Gasteiger partial charge in [-0.15, -0.1) is 0 Å². The van der Waals surface area contributed by atoms with Gasteiger partial charge in [-0.2, -0.15) is 0 Å². The second-order valence-corrected chi connectivity index (χ2v) is 10.3. The van der Waals surface area contributed by atoms with Gasteiger partial charge in [0.2, 0.25) is 0 Å². The van der Waals surface area contributed by atoms with Crippen LogP contribution in [0.5, 0.6) is 5.75 Å². The van der Waals surface area contributed by atoms with Crippen LogP contribution in [0.15, 0.2) is 77.7 Å². The summed E-state index contributed by atoms with van der Waals surface area (Å²) in [6.07, 6.45) is 1.63. The highest BCUT2D eigenvalue weighted by atomic mass is 16.6. The summed E-state index contributed by atoms with van der Waals surface area (Å²) in [6.45, 7) is 7.09. The van der Waals surface area contributed by atoms with Crippen molar-refractivity contribution in [2.45, 2.75) is 57.8 Å². The third-order valence-electron chi connectivity index (χ3n) is 6.19. The van der Waals surface area contributed by atoms with Crippen LogP contribution < -0.4 is 10.3 Å². The van der Waals surface area contributed by atoms with Crippen molar-refractivity contribution in [3.05, 3.63) is 88.8 Å². The fraction of sp³-hybridized carbons (Fsp3) is 0.379. The lowest BCUT2D eigenvalue weighted by Crippen LogP contribution is -2.42. The number of nitrogens with zero attached hydrogens (tertiary/aromatic N) is 2. The van der Waals surface area contributed by atoms with Gasteiger partial charge in [0.15, 0.2) is 0 Å². The highest BCUT2D eigenvalue weighted by Gasteiger charge is 2.32. The molecule has 2 N–H and O–H groups in total. The van der Waals surface area contributed by atoms with Crippen molar-refractivity contribution in [3.8, 4) is 16.9 Å². The quantitative estimate of drug-likeness (QED) is 0.443. The van der Waals surface area contributed by atoms with Crippen molar-refractivity contribution in [1.29, 1.82) is 0 Å². The summed E-state index contributed by atoms with van der Waals surface area (Å²) in [5, 5.41) is 21.0. The molecule has 0 fully saturated rings. The molecule has 0 radical (unpaired) electrons. The van der Waals surface area contributed by atoms with Gasteiger partial charge in [-0.05, 0) is 69.0 Å².